The average molecular weight is 190 g/mol. The van der Waals surface area contributed by atoms with Gasteiger partial charge in [0.05, 0.1) is 0 Å². The molecule has 0 N–H and O–H groups in total. The molecule has 0 heterocycles. The van der Waals surface area contributed by atoms with Crippen molar-refractivity contribution >= 4 is 8.80 Å². The van der Waals surface area contributed by atoms with E-state index in [9.17, 15) is 0 Å². The Bertz CT molecular complexity index is 135. The smallest absolute Gasteiger partial charge is 0.377 e. The topological polar surface area (TPSA) is 27.7 Å². The van der Waals surface area contributed by atoms with Gasteiger partial charge in [0.1, 0.15) is 0 Å². The maximum absolute atomic E-state index is 5.24. The summed E-state index contributed by atoms with van der Waals surface area (Å²) in [6.45, 7) is 5.80. The second kappa shape index (κ2) is 5.48. The van der Waals surface area contributed by atoms with Crippen molar-refractivity contribution in [3.8, 4) is 0 Å². The molecule has 0 aromatic rings. The van der Waals surface area contributed by atoms with Crippen molar-refractivity contribution in [3.05, 3.63) is 12.2 Å². The first-order valence-corrected chi connectivity index (χ1v) is 5.83. The van der Waals surface area contributed by atoms with Crippen LogP contribution in [-0.4, -0.2) is 30.1 Å². The van der Waals surface area contributed by atoms with E-state index < -0.39 is 8.80 Å². The summed E-state index contributed by atoms with van der Waals surface area (Å²) in [7, 11) is 2.53. The SMILES string of the molecule is C=C(C)CC[Si](OC)(OC)OC. The maximum Gasteiger partial charge on any atom is 0.500 e. The van der Waals surface area contributed by atoms with Crippen molar-refractivity contribution in [2.24, 2.45) is 0 Å². The highest BCUT2D eigenvalue weighted by Crippen LogP contribution is 2.17. The number of rotatable bonds is 6. The lowest BCUT2D eigenvalue weighted by molar-refractivity contribution is 0.123. The van der Waals surface area contributed by atoms with E-state index >= 15 is 0 Å². The molecule has 0 radical (unpaired) electrons. The van der Waals surface area contributed by atoms with Crippen LogP contribution in [0.2, 0.25) is 6.04 Å². The molecule has 0 rings (SSSR count). The van der Waals surface area contributed by atoms with Crippen molar-refractivity contribution in [1.29, 1.82) is 0 Å². The van der Waals surface area contributed by atoms with Crippen molar-refractivity contribution in [2.45, 2.75) is 19.4 Å². The van der Waals surface area contributed by atoms with E-state index in [0.29, 0.717) is 0 Å². The summed E-state index contributed by atoms with van der Waals surface area (Å²) in [6.07, 6.45) is 0.891. The molecule has 0 unspecified atom stereocenters. The van der Waals surface area contributed by atoms with E-state index in [-0.39, 0.29) is 0 Å². The fraction of sp³-hybridized carbons (Fsp3) is 0.750. The first-order chi connectivity index (χ1) is 5.60. The Labute approximate surface area is 75.7 Å². The first-order valence-electron chi connectivity index (χ1n) is 3.90. The summed E-state index contributed by atoms with van der Waals surface area (Å²) in [5.74, 6) is 0. The van der Waals surface area contributed by atoms with Gasteiger partial charge in [0.25, 0.3) is 0 Å². The Morgan fingerprint density at radius 3 is 1.83 bits per heavy atom. The van der Waals surface area contributed by atoms with Gasteiger partial charge >= 0.3 is 8.80 Å². The summed E-state index contributed by atoms with van der Waals surface area (Å²) in [5.41, 5.74) is 1.12. The van der Waals surface area contributed by atoms with Crippen LogP contribution in [-0.2, 0) is 13.3 Å². The van der Waals surface area contributed by atoms with Crippen molar-refractivity contribution in [3.63, 3.8) is 0 Å². The Kier molecular flexibility index (Phi) is 5.40. The average Bonchev–Trinajstić information content (AvgIpc) is 2.08. The summed E-state index contributed by atoms with van der Waals surface area (Å²) < 4.78 is 15.7. The highest BCUT2D eigenvalue weighted by atomic mass is 28.4. The minimum absolute atomic E-state index is 0.797. The molecule has 0 aliphatic carbocycles. The van der Waals surface area contributed by atoms with Crippen LogP contribution in [0.5, 0.6) is 0 Å². The van der Waals surface area contributed by atoms with Gasteiger partial charge in [-0.3, -0.25) is 0 Å². The Morgan fingerprint density at radius 2 is 1.58 bits per heavy atom. The zero-order valence-corrected chi connectivity index (χ0v) is 9.35. The summed E-state index contributed by atoms with van der Waals surface area (Å²) in [5, 5.41) is 0. The lowest BCUT2D eigenvalue weighted by Crippen LogP contribution is -2.42. The predicted octanol–water partition coefficient (Wildman–Crippen LogP) is 1.83. The van der Waals surface area contributed by atoms with Crippen LogP contribution >= 0.6 is 0 Å². The molecule has 72 valence electrons. The van der Waals surface area contributed by atoms with Crippen LogP contribution in [0.1, 0.15) is 13.3 Å². The third kappa shape index (κ3) is 3.49. The van der Waals surface area contributed by atoms with E-state index in [0.717, 1.165) is 18.0 Å². The zero-order valence-electron chi connectivity index (χ0n) is 8.35. The lowest BCUT2D eigenvalue weighted by atomic mass is 10.3. The highest BCUT2D eigenvalue weighted by Gasteiger charge is 2.36. The molecule has 0 saturated carbocycles. The first kappa shape index (κ1) is 11.8. The van der Waals surface area contributed by atoms with Crippen LogP contribution in [0.3, 0.4) is 0 Å². The molecule has 3 nitrogen and oxygen atoms in total. The second-order valence-corrected chi connectivity index (χ2v) is 5.84. The summed E-state index contributed by atoms with van der Waals surface area (Å²) in [4.78, 5) is 0. The van der Waals surface area contributed by atoms with Crippen molar-refractivity contribution in [1.82, 2.24) is 0 Å². The Balaban J connectivity index is 4.01. The fourth-order valence-electron chi connectivity index (χ4n) is 0.923. The molecular weight excluding hydrogens is 172 g/mol. The van der Waals surface area contributed by atoms with Crippen LogP contribution in [0.25, 0.3) is 0 Å². The lowest BCUT2D eigenvalue weighted by Gasteiger charge is -2.24. The van der Waals surface area contributed by atoms with Gasteiger partial charge in [-0.05, 0) is 13.3 Å². The van der Waals surface area contributed by atoms with Crippen molar-refractivity contribution in [2.75, 3.05) is 21.3 Å². The summed E-state index contributed by atoms with van der Waals surface area (Å²) >= 11 is 0. The molecule has 0 amide bonds. The Hall–Kier alpha value is -0.163. The highest BCUT2D eigenvalue weighted by molar-refractivity contribution is 6.60. The predicted molar refractivity (Wildman–Crippen MR) is 51.0 cm³/mol. The number of hydrogen-bond donors (Lipinski definition) is 0. The van der Waals surface area contributed by atoms with Gasteiger partial charge in [0.15, 0.2) is 0 Å². The molecule has 0 aliphatic rings. The van der Waals surface area contributed by atoms with Gasteiger partial charge < -0.3 is 13.3 Å². The maximum atomic E-state index is 5.24. The second-order valence-electron chi connectivity index (χ2n) is 2.75. The van der Waals surface area contributed by atoms with Crippen LogP contribution in [0, 0.1) is 0 Å². The van der Waals surface area contributed by atoms with Gasteiger partial charge in [-0.25, -0.2) is 0 Å². The van der Waals surface area contributed by atoms with Crippen LogP contribution in [0.15, 0.2) is 12.2 Å². The van der Waals surface area contributed by atoms with Crippen LogP contribution in [0.4, 0.5) is 0 Å². The molecule has 0 spiro atoms. The third-order valence-corrected chi connectivity index (χ3v) is 4.52. The largest absolute Gasteiger partial charge is 0.500 e. The molecule has 0 aliphatic heterocycles. The summed E-state index contributed by atoms with van der Waals surface area (Å²) in [6, 6.07) is 0.797. The quantitative estimate of drug-likeness (QED) is 0.472. The van der Waals surface area contributed by atoms with Crippen LogP contribution < -0.4 is 0 Å². The van der Waals surface area contributed by atoms with E-state index in [2.05, 4.69) is 6.58 Å². The van der Waals surface area contributed by atoms with Gasteiger partial charge in [-0.2, -0.15) is 0 Å². The Morgan fingerprint density at radius 1 is 1.17 bits per heavy atom. The van der Waals surface area contributed by atoms with Gasteiger partial charge in [-0.1, -0.05) is 5.57 Å². The molecule has 0 saturated heterocycles. The molecule has 0 aromatic heterocycles. The standard InChI is InChI=1S/C8H18O3Si/c1-8(2)6-7-12(9-3,10-4)11-5/h1,6-7H2,2-5H3. The number of hydrogen-bond acceptors (Lipinski definition) is 3. The zero-order chi connectivity index (χ0) is 9.61. The molecule has 0 aromatic carbocycles. The minimum Gasteiger partial charge on any atom is -0.377 e. The molecule has 0 fully saturated rings. The normalized spacial score (nSPS) is 11.7. The monoisotopic (exact) mass is 190 g/mol. The van der Waals surface area contributed by atoms with Crippen molar-refractivity contribution < 1.29 is 13.3 Å². The molecule has 4 heteroatoms. The third-order valence-electron chi connectivity index (χ3n) is 1.79. The van der Waals surface area contributed by atoms with E-state index in [4.69, 9.17) is 13.3 Å². The molecular formula is C8H18O3Si. The number of allylic oxidation sites excluding steroid dienone is 1. The van der Waals surface area contributed by atoms with Gasteiger partial charge in [-0.15, -0.1) is 6.58 Å². The molecule has 0 bridgehead atoms. The fourth-order valence-corrected chi connectivity index (χ4v) is 2.77. The molecule has 0 atom stereocenters. The van der Waals surface area contributed by atoms with E-state index in [1.807, 2.05) is 6.92 Å². The van der Waals surface area contributed by atoms with Gasteiger partial charge in [0.2, 0.25) is 0 Å². The molecule has 12 heavy (non-hydrogen) atoms. The van der Waals surface area contributed by atoms with E-state index in [1.165, 1.54) is 0 Å². The van der Waals surface area contributed by atoms with E-state index in [1.54, 1.807) is 21.3 Å². The van der Waals surface area contributed by atoms with Gasteiger partial charge in [0, 0.05) is 27.4 Å². The minimum atomic E-state index is -2.34.